The number of fused-ring (bicyclic) bond motifs is 1. The van der Waals surface area contributed by atoms with Gasteiger partial charge in [-0.2, -0.15) is 0 Å². The predicted molar refractivity (Wildman–Crippen MR) is 85.7 cm³/mol. The standard InChI is InChI=1S/C17H18N2O3/c1-19-15-8-5-13(9-16(15)22-11-17(19)20)18-10-12-3-6-14(21-2)7-4-12/h3-9,18H,10-11H2,1-2H3. The summed E-state index contributed by atoms with van der Waals surface area (Å²) >= 11 is 0. The summed E-state index contributed by atoms with van der Waals surface area (Å²) in [5.74, 6) is 1.53. The molecule has 1 heterocycles. The van der Waals surface area contributed by atoms with Crippen LogP contribution in [0, 0.1) is 0 Å². The van der Waals surface area contributed by atoms with Gasteiger partial charge >= 0.3 is 0 Å². The molecule has 0 aliphatic carbocycles. The number of hydrogen-bond acceptors (Lipinski definition) is 4. The Kier molecular flexibility index (Phi) is 3.87. The number of likely N-dealkylation sites (N-methyl/N-ethyl adjacent to an activating group) is 1. The van der Waals surface area contributed by atoms with Crippen LogP contribution in [0.25, 0.3) is 0 Å². The minimum Gasteiger partial charge on any atom is -0.497 e. The van der Waals surface area contributed by atoms with Crippen molar-refractivity contribution < 1.29 is 14.3 Å². The topological polar surface area (TPSA) is 50.8 Å². The summed E-state index contributed by atoms with van der Waals surface area (Å²) in [5, 5.41) is 3.35. The number of carbonyl (C=O) groups excluding carboxylic acids is 1. The number of anilines is 2. The van der Waals surface area contributed by atoms with Gasteiger partial charge in [-0.25, -0.2) is 0 Å². The molecule has 0 saturated heterocycles. The normalized spacial score (nSPS) is 13.4. The van der Waals surface area contributed by atoms with Crippen LogP contribution < -0.4 is 19.7 Å². The van der Waals surface area contributed by atoms with Crippen LogP contribution in [0.1, 0.15) is 5.56 Å². The lowest BCUT2D eigenvalue weighted by molar-refractivity contribution is -0.120. The lowest BCUT2D eigenvalue weighted by Crippen LogP contribution is -2.35. The molecule has 2 aromatic carbocycles. The van der Waals surface area contributed by atoms with Gasteiger partial charge in [-0.15, -0.1) is 0 Å². The fourth-order valence-corrected chi connectivity index (χ4v) is 2.33. The lowest BCUT2D eigenvalue weighted by Gasteiger charge is -2.26. The molecule has 0 fully saturated rings. The van der Waals surface area contributed by atoms with Crippen molar-refractivity contribution in [2.24, 2.45) is 0 Å². The zero-order valence-corrected chi connectivity index (χ0v) is 12.6. The molecule has 1 N–H and O–H groups in total. The van der Waals surface area contributed by atoms with Gasteiger partial charge in [0.05, 0.1) is 12.8 Å². The van der Waals surface area contributed by atoms with Crippen molar-refractivity contribution in [2.75, 3.05) is 31.0 Å². The summed E-state index contributed by atoms with van der Waals surface area (Å²) in [6, 6.07) is 13.7. The molecule has 0 unspecified atom stereocenters. The molecule has 1 amide bonds. The molecule has 5 heteroatoms. The fourth-order valence-electron chi connectivity index (χ4n) is 2.33. The van der Waals surface area contributed by atoms with Gasteiger partial charge in [-0.3, -0.25) is 4.79 Å². The molecule has 0 aromatic heterocycles. The molecule has 0 spiro atoms. The van der Waals surface area contributed by atoms with Crippen molar-refractivity contribution in [3.8, 4) is 11.5 Å². The molecule has 1 aliphatic rings. The quantitative estimate of drug-likeness (QED) is 0.943. The average Bonchev–Trinajstić information content (AvgIpc) is 2.57. The number of methoxy groups -OCH3 is 1. The molecule has 3 rings (SSSR count). The second kappa shape index (κ2) is 5.97. The third-order valence-corrected chi connectivity index (χ3v) is 3.70. The molecule has 2 aromatic rings. The molecule has 0 bridgehead atoms. The van der Waals surface area contributed by atoms with Gasteiger partial charge < -0.3 is 19.7 Å². The Bertz CT molecular complexity index is 683. The minimum atomic E-state index is -0.0357. The first kappa shape index (κ1) is 14.3. The second-order valence-electron chi connectivity index (χ2n) is 5.13. The minimum absolute atomic E-state index is 0.0357. The van der Waals surface area contributed by atoms with Gasteiger partial charge in [-0.05, 0) is 29.8 Å². The van der Waals surface area contributed by atoms with E-state index < -0.39 is 0 Å². The van der Waals surface area contributed by atoms with Crippen molar-refractivity contribution in [1.82, 2.24) is 0 Å². The molecule has 1 aliphatic heterocycles. The fraction of sp³-hybridized carbons (Fsp3) is 0.235. The van der Waals surface area contributed by atoms with Crippen LogP contribution in [0.15, 0.2) is 42.5 Å². The van der Waals surface area contributed by atoms with E-state index in [1.807, 2.05) is 42.5 Å². The summed E-state index contributed by atoms with van der Waals surface area (Å²) in [6.45, 7) is 0.795. The Balaban J connectivity index is 1.69. The van der Waals surface area contributed by atoms with Crippen molar-refractivity contribution in [3.63, 3.8) is 0 Å². The van der Waals surface area contributed by atoms with Gasteiger partial charge in [0.2, 0.25) is 0 Å². The van der Waals surface area contributed by atoms with E-state index in [0.29, 0.717) is 6.54 Å². The molecular formula is C17H18N2O3. The number of carbonyl (C=O) groups is 1. The van der Waals surface area contributed by atoms with Crippen molar-refractivity contribution in [2.45, 2.75) is 6.54 Å². The number of benzene rings is 2. The summed E-state index contributed by atoms with van der Waals surface area (Å²) in [7, 11) is 3.41. The summed E-state index contributed by atoms with van der Waals surface area (Å²) in [4.78, 5) is 13.2. The maximum absolute atomic E-state index is 11.6. The smallest absolute Gasteiger partial charge is 0.264 e. The van der Waals surface area contributed by atoms with Crippen LogP contribution >= 0.6 is 0 Å². The van der Waals surface area contributed by atoms with Crippen LogP contribution in [0.4, 0.5) is 11.4 Å². The third-order valence-electron chi connectivity index (χ3n) is 3.70. The van der Waals surface area contributed by atoms with Crippen LogP contribution in [-0.4, -0.2) is 26.7 Å². The first-order valence-electron chi connectivity index (χ1n) is 7.07. The van der Waals surface area contributed by atoms with E-state index in [2.05, 4.69) is 5.32 Å². The number of rotatable bonds is 4. The summed E-state index contributed by atoms with van der Waals surface area (Å²) < 4.78 is 10.6. The highest BCUT2D eigenvalue weighted by atomic mass is 16.5. The number of nitrogens with zero attached hydrogens (tertiary/aromatic N) is 1. The van der Waals surface area contributed by atoms with E-state index in [1.165, 1.54) is 0 Å². The van der Waals surface area contributed by atoms with Gasteiger partial charge in [-0.1, -0.05) is 12.1 Å². The van der Waals surface area contributed by atoms with Gasteiger partial charge in [0.15, 0.2) is 6.61 Å². The van der Waals surface area contributed by atoms with Crippen LogP contribution in [0.2, 0.25) is 0 Å². The summed E-state index contributed by atoms with van der Waals surface area (Å²) in [6.07, 6.45) is 0. The van der Waals surface area contributed by atoms with E-state index in [0.717, 1.165) is 28.4 Å². The van der Waals surface area contributed by atoms with Crippen LogP contribution in [-0.2, 0) is 11.3 Å². The number of nitrogens with one attached hydrogen (secondary N) is 1. The lowest BCUT2D eigenvalue weighted by atomic mass is 10.2. The summed E-state index contributed by atoms with van der Waals surface area (Å²) in [5.41, 5.74) is 2.91. The molecular weight excluding hydrogens is 280 g/mol. The predicted octanol–water partition coefficient (Wildman–Crippen LogP) is 2.66. The highest BCUT2D eigenvalue weighted by Crippen LogP contribution is 2.33. The molecule has 0 atom stereocenters. The third kappa shape index (κ3) is 2.83. The van der Waals surface area contributed by atoms with E-state index in [1.54, 1.807) is 19.1 Å². The first-order chi connectivity index (χ1) is 10.7. The van der Waals surface area contributed by atoms with E-state index in [-0.39, 0.29) is 12.5 Å². The van der Waals surface area contributed by atoms with Crippen molar-refractivity contribution in [3.05, 3.63) is 48.0 Å². The second-order valence-corrected chi connectivity index (χ2v) is 5.13. The number of hydrogen-bond donors (Lipinski definition) is 1. The first-order valence-corrected chi connectivity index (χ1v) is 7.07. The van der Waals surface area contributed by atoms with Gasteiger partial charge in [0.25, 0.3) is 5.91 Å². The number of amides is 1. The highest BCUT2D eigenvalue weighted by Gasteiger charge is 2.22. The maximum atomic E-state index is 11.6. The van der Waals surface area contributed by atoms with Gasteiger partial charge in [0, 0.05) is 25.3 Å². The van der Waals surface area contributed by atoms with E-state index in [9.17, 15) is 4.79 Å². The Morgan fingerprint density at radius 3 is 2.73 bits per heavy atom. The highest BCUT2D eigenvalue weighted by molar-refractivity contribution is 5.97. The number of ether oxygens (including phenoxy) is 2. The Morgan fingerprint density at radius 2 is 2.00 bits per heavy atom. The van der Waals surface area contributed by atoms with Crippen molar-refractivity contribution >= 4 is 17.3 Å². The Hall–Kier alpha value is -2.69. The monoisotopic (exact) mass is 298 g/mol. The van der Waals surface area contributed by atoms with Crippen LogP contribution in [0.5, 0.6) is 11.5 Å². The van der Waals surface area contributed by atoms with Crippen LogP contribution in [0.3, 0.4) is 0 Å². The molecule has 114 valence electrons. The van der Waals surface area contributed by atoms with Gasteiger partial charge in [0.1, 0.15) is 11.5 Å². The molecule has 5 nitrogen and oxygen atoms in total. The average molecular weight is 298 g/mol. The van der Waals surface area contributed by atoms with Crippen molar-refractivity contribution in [1.29, 1.82) is 0 Å². The molecule has 22 heavy (non-hydrogen) atoms. The van der Waals surface area contributed by atoms with E-state index >= 15 is 0 Å². The maximum Gasteiger partial charge on any atom is 0.264 e. The Labute approximate surface area is 129 Å². The molecule has 0 saturated carbocycles. The van der Waals surface area contributed by atoms with E-state index in [4.69, 9.17) is 9.47 Å². The largest absolute Gasteiger partial charge is 0.497 e. The zero-order valence-electron chi connectivity index (χ0n) is 12.6. The SMILES string of the molecule is COc1ccc(CNc2ccc3c(c2)OCC(=O)N3C)cc1. The molecule has 0 radical (unpaired) electrons. The zero-order chi connectivity index (χ0) is 15.5. The Morgan fingerprint density at radius 1 is 1.23 bits per heavy atom.